The second kappa shape index (κ2) is 3.14. The fourth-order valence-corrected chi connectivity index (χ4v) is 2.60. The molecule has 0 spiro atoms. The topological polar surface area (TPSA) is 9.23 Å². The van der Waals surface area contributed by atoms with E-state index in [1.165, 1.54) is 32.1 Å². The lowest BCUT2D eigenvalue weighted by molar-refractivity contribution is -0.0504. The van der Waals surface area contributed by atoms with Crippen LogP contribution in [0.2, 0.25) is 0 Å². The summed E-state index contributed by atoms with van der Waals surface area (Å²) in [5.74, 6) is 1.92. The molecule has 1 heterocycles. The Morgan fingerprint density at radius 2 is 1.82 bits per heavy atom. The molecule has 3 atom stereocenters. The van der Waals surface area contributed by atoms with Gasteiger partial charge in [0.2, 0.25) is 0 Å². The summed E-state index contributed by atoms with van der Waals surface area (Å²) in [7, 11) is 0. The van der Waals surface area contributed by atoms with E-state index in [4.69, 9.17) is 4.74 Å². The van der Waals surface area contributed by atoms with E-state index in [1.54, 1.807) is 0 Å². The highest BCUT2D eigenvalue weighted by molar-refractivity contribution is 4.80. The lowest BCUT2D eigenvalue weighted by atomic mass is 9.75. The second-order valence-corrected chi connectivity index (χ2v) is 4.18. The van der Waals surface area contributed by atoms with E-state index >= 15 is 0 Å². The van der Waals surface area contributed by atoms with Gasteiger partial charge in [0, 0.05) is 0 Å². The smallest absolute Gasteiger partial charge is 0.0549 e. The first kappa shape index (κ1) is 7.60. The van der Waals surface area contributed by atoms with Crippen molar-refractivity contribution < 1.29 is 4.74 Å². The molecule has 1 aliphatic heterocycles. The lowest BCUT2D eigenvalue weighted by Crippen LogP contribution is -2.34. The fraction of sp³-hybridized carbons (Fsp3) is 1.00. The Labute approximate surface area is 69.1 Å². The number of hydrogen-bond acceptors (Lipinski definition) is 1. The van der Waals surface area contributed by atoms with E-state index in [2.05, 4.69) is 6.92 Å². The minimum atomic E-state index is 0.536. The van der Waals surface area contributed by atoms with Crippen molar-refractivity contribution in [3.8, 4) is 0 Å². The highest BCUT2D eigenvalue weighted by Gasteiger charge is 2.30. The summed E-state index contributed by atoms with van der Waals surface area (Å²) >= 11 is 0. The average molecular weight is 154 g/mol. The van der Waals surface area contributed by atoms with Crippen LogP contribution >= 0.6 is 0 Å². The molecule has 0 aromatic carbocycles. The summed E-state index contributed by atoms with van der Waals surface area (Å²) < 4.78 is 5.65. The predicted molar refractivity (Wildman–Crippen MR) is 45.5 cm³/mol. The maximum Gasteiger partial charge on any atom is 0.0549 e. The molecule has 0 aromatic rings. The lowest BCUT2D eigenvalue weighted by Gasteiger charge is -2.38. The molecule has 0 N–H and O–H groups in total. The second-order valence-electron chi connectivity index (χ2n) is 4.18. The van der Waals surface area contributed by atoms with Gasteiger partial charge in [0.05, 0.1) is 12.7 Å². The van der Waals surface area contributed by atoms with Crippen LogP contribution in [0, 0.1) is 11.8 Å². The molecule has 2 fully saturated rings. The van der Waals surface area contributed by atoms with E-state index in [9.17, 15) is 0 Å². The van der Waals surface area contributed by atoms with Crippen LogP contribution in [0.15, 0.2) is 0 Å². The van der Waals surface area contributed by atoms with E-state index in [0.717, 1.165) is 18.4 Å². The summed E-state index contributed by atoms with van der Waals surface area (Å²) in [6.45, 7) is 3.26. The molecule has 0 radical (unpaired) electrons. The van der Waals surface area contributed by atoms with Crippen molar-refractivity contribution in [2.45, 2.75) is 45.1 Å². The standard InChI is InChI=1S/C10H18O/c1-8-6-9-4-2-3-5-10(9)7-11-8/h8-10H,2-7H2,1H3. The van der Waals surface area contributed by atoms with E-state index in [0.29, 0.717) is 6.10 Å². The normalized spacial score (nSPS) is 45.0. The van der Waals surface area contributed by atoms with Gasteiger partial charge >= 0.3 is 0 Å². The summed E-state index contributed by atoms with van der Waals surface area (Å²) in [5, 5.41) is 0. The van der Waals surface area contributed by atoms with Crippen molar-refractivity contribution in [1.82, 2.24) is 0 Å². The summed E-state index contributed by atoms with van der Waals surface area (Å²) in [5.41, 5.74) is 0. The highest BCUT2D eigenvalue weighted by atomic mass is 16.5. The molecule has 0 amide bonds. The van der Waals surface area contributed by atoms with Crippen LogP contribution in [0.1, 0.15) is 39.0 Å². The molecule has 0 bridgehead atoms. The van der Waals surface area contributed by atoms with Crippen molar-refractivity contribution >= 4 is 0 Å². The number of ether oxygens (including phenoxy) is 1. The maximum absolute atomic E-state index is 5.65. The van der Waals surface area contributed by atoms with Gasteiger partial charge in [-0.3, -0.25) is 0 Å². The maximum atomic E-state index is 5.65. The van der Waals surface area contributed by atoms with Gasteiger partial charge in [-0.05, 0) is 31.6 Å². The van der Waals surface area contributed by atoms with Crippen LogP contribution in [0.3, 0.4) is 0 Å². The van der Waals surface area contributed by atoms with Crippen LogP contribution < -0.4 is 0 Å². The molecule has 1 heteroatoms. The van der Waals surface area contributed by atoms with E-state index in [1.807, 2.05) is 0 Å². The van der Waals surface area contributed by atoms with Crippen LogP contribution in [-0.4, -0.2) is 12.7 Å². The zero-order valence-corrected chi connectivity index (χ0v) is 7.38. The number of fused-ring (bicyclic) bond motifs is 1. The summed E-state index contributed by atoms with van der Waals surface area (Å²) in [6.07, 6.45) is 7.67. The molecule has 2 rings (SSSR count). The molecule has 2 aliphatic rings. The van der Waals surface area contributed by atoms with Crippen molar-refractivity contribution in [3.05, 3.63) is 0 Å². The zero-order chi connectivity index (χ0) is 7.68. The quantitative estimate of drug-likeness (QED) is 0.521. The average Bonchev–Trinajstić information content (AvgIpc) is 2.04. The third-order valence-electron chi connectivity index (χ3n) is 3.30. The Bertz CT molecular complexity index is 133. The van der Waals surface area contributed by atoms with Gasteiger partial charge in [0.25, 0.3) is 0 Å². The van der Waals surface area contributed by atoms with Crippen molar-refractivity contribution in [3.63, 3.8) is 0 Å². The summed E-state index contributed by atoms with van der Waals surface area (Å²) in [4.78, 5) is 0. The van der Waals surface area contributed by atoms with Gasteiger partial charge in [-0.15, -0.1) is 0 Å². The minimum Gasteiger partial charge on any atom is -0.378 e. The number of rotatable bonds is 0. The predicted octanol–water partition coefficient (Wildman–Crippen LogP) is 2.60. The van der Waals surface area contributed by atoms with Crippen molar-refractivity contribution in [2.75, 3.05) is 6.61 Å². The van der Waals surface area contributed by atoms with Crippen LogP contribution in [0.4, 0.5) is 0 Å². The van der Waals surface area contributed by atoms with Crippen LogP contribution in [0.5, 0.6) is 0 Å². The fourth-order valence-electron chi connectivity index (χ4n) is 2.60. The molecule has 64 valence electrons. The first-order valence-corrected chi connectivity index (χ1v) is 4.98. The van der Waals surface area contributed by atoms with E-state index in [-0.39, 0.29) is 0 Å². The van der Waals surface area contributed by atoms with Gasteiger partial charge in [0.1, 0.15) is 0 Å². The third-order valence-corrected chi connectivity index (χ3v) is 3.30. The zero-order valence-electron chi connectivity index (χ0n) is 7.38. The van der Waals surface area contributed by atoms with E-state index < -0.39 is 0 Å². The van der Waals surface area contributed by atoms with Crippen LogP contribution in [0.25, 0.3) is 0 Å². The third kappa shape index (κ3) is 1.58. The first-order valence-electron chi connectivity index (χ1n) is 4.98. The molecular weight excluding hydrogens is 136 g/mol. The minimum absolute atomic E-state index is 0.536. The van der Waals surface area contributed by atoms with Crippen molar-refractivity contribution in [2.24, 2.45) is 11.8 Å². The molecule has 1 saturated heterocycles. The largest absolute Gasteiger partial charge is 0.378 e. The Hall–Kier alpha value is -0.0400. The van der Waals surface area contributed by atoms with Gasteiger partial charge in [-0.2, -0.15) is 0 Å². The highest BCUT2D eigenvalue weighted by Crippen LogP contribution is 2.36. The Morgan fingerprint density at radius 3 is 2.64 bits per heavy atom. The Morgan fingerprint density at radius 1 is 1.09 bits per heavy atom. The Balaban J connectivity index is 1.93. The van der Waals surface area contributed by atoms with Gasteiger partial charge in [0.15, 0.2) is 0 Å². The summed E-state index contributed by atoms with van der Waals surface area (Å²) in [6, 6.07) is 0. The molecule has 11 heavy (non-hydrogen) atoms. The SMILES string of the molecule is CC1CC2CCCCC2CO1. The Kier molecular flexibility index (Phi) is 2.17. The monoisotopic (exact) mass is 154 g/mol. The molecular formula is C10H18O. The van der Waals surface area contributed by atoms with Gasteiger partial charge < -0.3 is 4.74 Å². The van der Waals surface area contributed by atoms with Crippen molar-refractivity contribution in [1.29, 1.82) is 0 Å². The molecule has 1 saturated carbocycles. The van der Waals surface area contributed by atoms with Gasteiger partial charge in [-0.25, -0.2) is 0 Å². The molecule has 1 aliphatic carbocycles. The molecule has 1 nitrogen and oxygen atoms in total. The van der Waals surface area contributed by atoms with Crippen LogP contribution in [-0.2, 0) is 4.74 Å². The number of hydrogen-bond donors (Lipinski definition) is 0. The van der Waals surface area contributed by atoms with Gasteiger partial charge in [-0.1, -0.05) is 19.3 Å². The molecule has 0 aromatic heterocycles. The molecule has 3 unspecified atom stereocenters. The first-order chi connectivity index (χ1) is 5.36.